The van der Waals surface area contributed by atoms with Gasteiger partial charge in [0, 0.05) is 32.2 Å². The molecule has 3 rings (SSSR count). The number of hydrogen-bond donors (Lipinski definition) is 0. The van der Waals surface area contributed by atoms with Crippen LogP contribution in [0.15, 0.2) is 12.1 Å². The number of amides is 1. The largest absolute Gasteiger partial charge is 0.486 e. The van der Waals surface area contributed by atoms with E-state index >= 15 is 0 Å². The van der Waals surface area contributed by atoms with Crippen molar-refractivity contribution in [2.75, 3.05) is 52.5 Å². The van der Waals surface area contributed by atoms with Gasteiger partial charge >= 0.3 is 5.97 Å². The number of ether oxygens (including phenoxy) is 3. The number of nitro benzene ring substituents is 1. The van der Waals surface area contributed by atoms with Crippen molar-refractivity contribution >= 4 is 17.6 Å². The van der Waals surface area contributed by atoms with E-state index in [-0.39, 0.29) is 29.5 Å². The Kier molecular flexibility index (Phi) is 6.30. The molecular formula is C18H23N3O7. The Morgan fingerprint density at radius 1 is 1.14 bits per heavy atom. The van der Waals surface area contributed by atoms with Gasteiger partial charge in [0.15, 0.2) is 11.5 Å². The lowest BCUT2D eigenvalue weighted by molar-refractivity contribution is -0.385. The molecule has 152 valence electrons. The van der Waals surface area contributed by atoms with Crippen LogP contribution >= 0.6 is 0 Å². The first-order valence-corrected chi connectivity index (χ1v) is 9.25. The second-order valence-corrected chi connectivity index (χ2v) is 6.50. The first kappa shape index (κ1) is 19.9. The Morgan fingerprint density at radius 2 is 1.86 bits per heavy atom. The molecule has 1 amide bonds. The zero-order chi connectivity index (χ0) is 20.1. The standard InChI is InChI=1S/C18H23N3O7/c1-2-26-17(22)12-19-4-3-5-20(7-6-19)18(23)13-10-15-16(28-9-8-27-15)11-14(13)21(24)25/h10-11H,2-9,12H2,1H3. The van der Waals surface area contributed by atoms with Crippen molar-refractivity contribution in [1.29, 1.82) is 0 Å². The highest BCUT2D eigenvalue weighted by Gasteiger charge is 2.30. The van der Waals surface area contributed by atoms with Crippen LogP contribution in [0.4, 0.5) is 5.69 Å². The monoisotopic (exact) mass is 393 g/mol. The van der Waals surface area contributed by atoms with Crippen LogP contribution in [-0.4, -0.2) is 79.1 Å². The molecule has 0 radical (unpaired) electrons. The lowest BCUT2D eigenvalue weighted by Gasteiger charge is -2.23. The molecule has 1 saturated heterocycles. The average Bonchev–Trinajstić information content (AvgIpc) is 2.92. The molecule has 2 aliphatic heterocycles. The molecule has 0 saturated carbocycles. The number of esters is 1. The van der Waals surface area contributed by atoms with Crippen molar-refractivity contribution in [1.82, 2.24) is 9.80 Å². The van der Waals surface area contributed by atoms with Crippen LogP contribution in [-0.2, 0) is 9.53 Å². The molecule has 28 heavy (non-hydrogen) atoms. The van der Waals surface area contributed by atoms with Crippen molar-refractivity contribution in [3.8, 4) is 11.5 Å². The highest BCUT2D eigenvalue weighted by molar-refractivity contribution is 5.99. The Hall–Kier alpha value is -2.88. The van der Waals surface area contributed by atoms with Crippen LogP contribution in [0.2, 0.25) is 0 Å². The molecule has 0 N–H and O–H groups in total. The summed E-state index contributed by atoms with van der Waals surface area (Å²) in [4.78, 5) is 39.1. The topological polar surface area (TPSA) is 111 Å². The van der Waals surface area contributed by atoms with E-state index in [0.717, 1.165) is 0 Å². The van der Waals surface area contributed by atoms with E-state index in [1.54, 1.807) is 11.8 Å². The van der Waals surface area contributed by atoms with E-state index in [1.807, 2.05) is 4.90 Å². The van der Waals surface area contributed by atoms with Gasteiger partial charge in [0.2, 0.25) is 0 Å². The lowest BCUT2D eigenvalue weighted by Crippen LogP contribution is -2.37. The van der Waals surface area contributed by atoms with Crippen LogP contribution < -0.4 is 9.47 Å². The molecule has 0 bridgehead atoms. The molecule has 1 fully saturated rings. The van der Waals surface area contributed by atoms with Gasteiger partial charge in [-0.3, -0.25) is 24.6 Å². The Labute approximate surface area is 162 Å². The number of nitrogens with zero attached hydrogens (tertiary/aromatic N) is 3. The normalized spacial score (nSPS) is 17.0. The summed E-state index contributed by atoms with van der Waals surface area (Å²) in [5.74, 6) is -0.128. The van der Waals surface area contributed by atoms with Crippen molar-refractivity contribution in [2.45, 2.75) is 13.3 Å². The molecule has 10 nitrogen and oxygen atoms in total. The second kappa shape index (κ2) is 8.87. The average molecular weight is 393 g/mol. The third-order valence-electron chi connectivity index (χ3n) is 4.62. The van der Waals surface area contributed by atoms with Gasteiger partial charge < -0.3 is 19.1 Å². The van der Waals surface area contributed by atoms with Crippen LogP contribution in [0, 0.1) is 10.1 Å². The minimum absolute atomic E-state index is 0.0203. The zero-order valence-corrected chi connectivity index (χ0v) is 15.7. The number of benzene rings is 1. The van der Waals surface area contributed by atoms with Crippen molar-refractivity contribution in [3.05, 3.63) is 27.8 Å². The van der Waals surface area contributed by atoms with E-state index in [1.165, 1.54) is 12.1 Å². The van der Waals surface area contributed by atoms with Gasteiger partial charge in [0.25, 0.3) is 11.6 Å². The summed E-state index contributed by atoms with van der Waals surface area (Å²) in [6.07, 6.45) is 0.656. The minimum atomic E-state index is -0.587. The predicted molar refractivity (Wildman–Crippen MR) is 97.7 cm³/mol. The SMILES string of the molecule is CCOC(=O)CN1CCCN(C(=O)c2cc3c(cc2[N+](=O)[O-])OCCO3)CC1. The van der Waals surface area contributed by atoms with Crippen LogP contribution in [0.3, 0.4) is 0 Å². The van der Waals surface area contributed by atoms with Gasteiger partial charge in [-0.1, -0.05) is 0 Å². The van der Waals surface area contributed by atoms with Gasteiger partial charge in [-0.05, 0) is 13.3 Å². The number of fused-ring (bicyclic) bond motifs is 1. The summed E-state index contributed by atoms with van der Waals surface area (Å²) in [5, 5.41) is 11.5. The molecule has 10 heteroatoms. The number of carbonyl (C=O) groups excluding carboxylic acids is 2. The number of hydrogen-bond acceptors (Lipinski definition) is 8. The summed E-state index contributed by atoms with van der Waals surface area (Å²) in [6.45, 7) is 4.82. The zero-order valence-electron chi connectivity index (χ0n) is 15.7. The van der Waals surface area contributed by atoms with Gasteiger partial charge in [-0.15, -0.1) is 0 Å². The first-order chi connectivity index (χ1) is 13.5. The summed E-state index contributed by atoms with van der Waals surface area (Å²) < 4.78 is 15.8. The number of rotatable bonds is 5. The fourth-order valence-corrected chi connectivity index (χ4v) is 3.29. The van der Waals surface area contributed by atoms with Crippen molar-refractivity contribution < 1.29 is 28.7 Å². The van der Waals surface area contributed by atoms with E-state index < -0.39 is 10.8 Å². The Bertz CT molecular complexity index is 768. The summed E-state index contributed by atoms with van der Waals surface area (Å²) in [7, 11) is 0. The number of nitro groups is 1. The fourth-order valence-electron chi connectivity index (χ4n) is 3.29. The van der Waals surface area contributed by atoms with Crippen molar-refractivity contribution in [2.24, 2.45) is 0 Å². The Morgan fingerprint density at radius 3 is 2.54 bits per heavy atom. The maximum absolute atomic E-state index is 13.0. The van der Waals surface area contributed by atoms with Gasteiger partial charge in [-0.25, -0.2) is 0 Å². The maximum atomic E-state index is 13.0. The molecule has 1 aromatic carbocycles. The maximum Gasteiger partial charge on any atom is 0.320 e. The molecule has 0 atom stereocenters. The fraction of sp³-hybridized carbons (Fsp3) is 0.556. The van der Waals surface area contributed by atoms with Crippen LogP contribution in [0.5, 0.6) is 11.5 Å². The van der Waals surface area contributed by atoms with Gasteiger partial charge in [0.05, 0.1) is 24.1 Å². The third kappa shape index (κ3) is 4.50. The summed E-state index contributed by atoms with van der Waals surface area (Å²) >= 11 is 0. The molecule has 2 aliphatic rings. The second-order valence-electron chi connectivity index (χ2n) is 6.50. The Balaban J connectivity index is 1.75. The molecular weight excluding hydrogens is 370 g/mol. The predicted octanol–water partition coefficient (Wildman–Crippen LogP) is 1.08. The van der Waals surface area contributed by atoms with Crippen molar-refractivity contribution in [3.63, 3.8) is 0 Å². The molecule has 0 spiro atoms. The highest BCUT2D eigenvalue weighted by atomic mass is 16.6. The lowest BCUT2D eigenvalue weighted by atomic mass is 10.1. The first-order valence-electron chi connectivity index (χ1n) is 9.25. The van der Waals surface area contributed by atoms with Gasteiger partial charge in [0.1, 0.15) is 18.8 Å². The highest BCUT2D eigenvalue weighted by Crippen LogP contribution is 2.37. The quantitative estimate of drug-likeness (QED) is 0.415. The molecule has 1 aromatic rings. The summed E-state index contributed by atoms with van der Waals surface area (Å²) in [5.41, 5.74) is -0.324. The molecule has 2 heterocycles. The molecule has 0 aliphatic carbocycles. The smallest absolute Gasteiger partial charge is 0.320 e. The van der Waals surface area contributed by atoms with Crippen LogP contribution in [0.1, 0.15) is 23.7 Å². The minimum Gasteiger partial charge on any atom is -0.486 e. The number of carbonyl (C=O) groups is 2. The molecule has 0 aromatic heterocycles. The van der Waals surface area contributed by atoms with E-state index in [4.69, 9.17) is 14.2 Å². The summed E-state index contributed by atoms with van der Waals surface area (Å²) in [6, 6.07) is 2.63. The van der Waals surface area contributed by atoms with E-state index in [2.05, 4.69) is 0 Å². The molecule has 0 unspecified atom stereocenters. The van der Waals surface area contributed by atoms with E-state index in [9.17, 15) is 19.7 Å². The van der Waals surface area contributed by atoms with Crippen LogP contribution in [0.25, 0.3) is 0 Å². The van der Waals surface area contributed by atoms with E-state index in [0.29, 0.717) is 58.2 Å². The third-order valence-corrected chi connectivity index (χ3v) is 4.62. The van der Waals surface area contributed by atoms with Gasteiger partial charge in [-0.2, -0.15) is 0 Å².